The summed E-state index contributed by atoms with van der Waals surface area (Å²) in [5, 5.41) is 8.70. The van der Waals surface area contributed by atoms with Crippen molar-refractivity contribution in [1.29, 1.82) is 0 Å². The van der Waals surface area contributed by atoms with Gasteiger partial charge >= 0.3 is 0 Å². The molecule has 0 aliphatic carbocycles. The number of hydrogen-bond acceptors (Lipinski definition) is 2. The molecule has 90 valence electrons. The molecule has 0 saturated heterocycles. The molecule has 16 heavy (non-hydrogen) atoms. The van der Waals surface area contributed by atoms with Crippen molar-refractivity contribution in [2.75, 3.05) is 13.2 Å². The topological polar surface area (TPSA) is 29.5 Å². The summed E-state index contributed by atoms with van der Waals surface area (Å²) in [5.41, 5.74) is 1.23. The minimum atomic E-state index is 0.301. The van der Waals surface area contributed by atoms with Crippen molar-refractivity contribution in [2.45, 2.75) is 32.8 Å². The summed E-state index contributed by atoms with van der Waals surface area (Å²) < 4.78 is 5.61. The van der Waals surface area contributed by atoms with Gasteiger partial charge in [-0.1, -0.05) is 37.3 Å². The normalized spacial score (nSPS) is 12.6. The molecule has 1 rings (SSSR count). The van der Waals surface area contributed by atoms with Crippen LogP contribution in [0.3, 0.4) is 0 Å². The highest BCUT2D eigenvalue weighted by Crippen LogP contribution is 2.10. The van der Waals surface area contributed by atoms with Gasteiger partial charge < -0.3 is 9.84 Å². The van der Waals surface area contributed by atoms with Gasteiger partial charge in [0, 0.05) is 13.2 Å². The van der Waals surface area contributed by atoms with E-state index in [0.29, 0.717) is 19.1 Å². The van der Waals surface area contributed by atoms with E-state index in [0.717, 1.165) is 25.9 Å². The lowest BCUT2D eigenvalue weighted by atomic mass is 10.0. The largest absolute Gasteiger partial charge is 0.396 e. The highest BCUT2D eigenvalue weighted by molar-refractivity contribution is 5.13. The van der Waals surface area contributed by atoms with Gasteiger partial charge in [0.25, 0.3) is 0 Å². The smallest absolute Gasteiger partial charge is 0.0716 e. The molecular formula is C14H22O2. The van der Waals surface area contributed by atoms with Gasteiger partial charge in [-0.2, -0.15) is 0 Å². The van der Waals surface area contributed by atoms with Crippen LogP contribution in [0.5, 0.6) is 0 Å². The van der Waals surface area contributed by atoms with Crippen molar-refractivity contribution < 1.29 is 9.84 Å². The van der Waals surface area contributed by atoms with Gasteiger partial charge in [-0.25, -0.2) is 0 Å². The van der Waals surface area contributed by atoms with Crippen LogP contribution in [0.2, 0.25) is 0 Å². The minimum absolute atomic E-state index is 0.301. The van der Waals surface area contributed by atoms with Crippen LogP contribution >= 0.6 is 0 Å². The van der Waals surface area contributed by atoms with Crippen LogP contribution in [-0.2, 0) is 11.3 Å². The van der Waals surface area contributed by atoms with Gasteiger partial charge in [0.2, 0.25) is 0 Å². The first-order valence-corrected chi connectivity index (χ1v) is 6.05. The van der Waals surface area contributed by atoms with Crippen LogP contribution in [0.4, 0.5) is 0 Å². The standard InChI is InChI=1S/C14H22O2/c1-13(6-5-10-15)9-11-16-12-14-7-3-2-4-8-14/h2-4,7-8,13,15H,5-6,9-12H2,1H3/t13-/m0/s1. The van der Waals surface area contributed by atoms with Gasteiger partial charge in [0.1, 0.15) is 0 Å². The lowest BCUT2D eigenvalue weighted by Crippen LogP contribution is -2.03. The third kappa shape index (κ3) is 5.89. The van der Waals surface area contributed by atoms with Crippen molar-refractivity contribution in [1.82, 2.24) is 0 Å². The Labute approximate surface area is 98.3 Å². The molecule has 0 aliphatic rings. The minimum Gasteiger partial charge on any atom is -0.396 e. The van der Waals surface area contributed by atoms with E-state index in [4.69, 9.17) is 9.84 Å². The van der Waals surface area contributed by atoms with E-state index < -0.39 is 0 Å². The van der Waals surface area contributed by atoms with Gasteiger partial charge in [0.05, 0.1) is 6.61 Å². The molecule has 0 aromatic heterocycles. The van der Waals surface area contributed by atoms with E-state index in [2.05, 4.69) is 19.1 Å². The maximum absolute atomic E-state index is 8.70. The Hall–Kier alpha value is -0.860. The second-order valence-corrected chi connectivity index (χ2v) is 4.30. The van der Waals surface area contributed by atoms with E-state index in [9.17, 15) is 0 Å². The molecule has 0 amide bonds. The third-order valence-electron chi connectivity index (χ3n) is 2.72. The van der Waals surface area contributed by atoms with Crippen LogP contribution in [-0.4, -0.2) is 18.3 Å². The van der Waals surface area contributed by atoms with Crippen molar-refractivity contribution >= 4 is 0 Å². The molecule has 2 heteroatoms. The van der Waals surface area contributed by atoms with Crippen molar-refractivity contribution in [2.24, 2.45) is 5.92 Å². The second-order valence-electron chi connectivity index (χ2n) is 4.30. The zero-order valence-electron chi connectivity index (χ0n) is 10.1. The van der Waals surface area contributed by atoms with E-state index >= 15 is 0 Å². The summed E-state index contributed by atoms with van der Waals surface area (Å²) in [6.45, 7) is 4.02. The fraction of sp³-hybridized carbons (Fsp3) is 0.571. The molecule has 1 aromatic rings. The fourth-order valence-corrected chi connectivity index (χ4v) is 1.63. The summed E-state index contributed by atoms with van der Waals surface area (Å²) in [6.07, 6.45) is 3.07. The fourth-order valence-electron chi connectivity index (χ4n) is 1.63. The lowest BCUT2D eigenvalue weighted by molar-refractivity contribution is 0.107. The Kier molecular flexibility index (Phi) is 6.86. The second kappa shape index (κ2) is 8.31. The molecule has 0 aliphatic heterocycles. The molecular weight excluding hydrogens is 200 g/mol. The van der Waals surface area contributed by atoms with Crippen LogP contribution in [0.1, 0.15) is 31.7 Å². The quantitative estimate of drug-likeness (QED) is 0.685. The molecule has 0 radical (unpaired) electrons. The van der Waals surface area contributed by atoms with E-state index in [-0.39, 0.29) is 0 Å². The number of aliphatic hydroxyl groups is 1. The molecule has 2 nitrogen and oxygen atoms in total. The zero-order chi connectivity index (χ0) is 11.6. The van der Waals surface area contributed by atoms with Gasteiger partial charge in [0.15, 0.2) is 0 Å². The predicted octanol–water partition coefficient (Wildman–Crippen LogP) is 3.00. The molecule has 0 fully saturated rings. The number of benzene rings is 1. The van der Waals surface area contributed by atoms with E-state index in [1.54, 1.807) is 0 Å². The van der Waals surface area contributed by atoms with Gasteiger partial charge in [-0.05, 0) is 30.7 Å². The number of hydrogen-bond donors (Lipinski definition) is 1. The van der Waals surface area contributed by atoms with Crippen LogP contribution in [0.25, 0.3) is 0 Å². The van der Waals surface area contributed by atoms with Gasteiger partial charge in [-0.3, -0.25) is 0 Å². The number of ether oxygens (including phenoxy) is 1. The first-order valence-electron chi connectivity index (χ1n) is 6.05. The number of aliphatic hydroxyl groups excluding tert-OH is 1. The Morgan fingerprint density at radius 3 is 2.62 bits per heavy atom. The highest BCUT2D eigenvalue weighted by atomic mass is 16.5. The van der Waals surface area contributed by atoms with Crippen LogP contribution in [0.15, 0.2) is 30.3 Å². The molecule has 1 N–H and O–H groups in total. The Balaban J connectivity index is 2.03. The van der Waals surface area contributed by atoms with Crippen LogP contribution < -0.4 is 0 Å². The molecule has 0 bridgehead atoms. The summed E-state index contributed by atoms with van der Waals surface area (Å²) in [4.78, 5) is 0. The third-order valence-corrected chi connectivity index (χ3v) is 2.72. The highest BCUT2D eigenvalue weighted by Gasteiger charge is 2.01. The maximum atomic E-state index is 8.70. The Morgan fingerprint density at radius 2 is 1.94 bits per heavy atom. The number of rotatable bonds is 8. The SMILES string of the molecule is C[C@@H](CCCO)CCOCc1ccccc1. The summed E-state index contributed by atoms with van der Waals surface area (Å²) in [7, 11) is 0. The molecule has 1 aromatic carbocycles. The summed E-state index contributed by atoms with van der Waals surface area (Å²) in [5.74, 6) is 0.642. The Bertz CT molecular complexity index is 259. The van der Waals surface area contributed by atoms with Crippen molar-refractivity contribution in [3.05, 3.63) is 35.9 Å². The maximum Gasteiger partial charge on any atom is 0.0716 e. The monoisotopic (exact) mass is 222 g/mol. The summed E-state index contributed by atoms with van der Waals surface area (Å²) >= 11 is 0. The predicted molar refractivity (Wildman–Crippen MR) is 66.2 cm³/mol. The average Bonchev–Trinajstić information content (AvgIpc) is 2.33. The molecule has 0 saturated carbocycles. The van der Waals surface area contributed by atoms with E-state index in [1.165, 1.54) is 5.56 Å². The van der Waals surface area contributed by atoms with Crippen LogP contribution in [0, 0.1) is 5.92 Å². The lowest BCUT2D eigenvalue weighted by Gasteiger charge is -2.10. The zero-order valence-corrected chi connectivity index (χ0v) is 10.1. The molecule has 0 spiro atoms. The van der Waals surface area contributed by atoms with Crippen molar-refractivity contribution in [3.63, 3.8) is 0 Å². The van der Waals surface area contributed by atoms with Crippen molar-refractivity contribution in [3.8, 4) is 0 Å². The molecule has 0 heterocycles. The first-order chi connectivity index (χ1) is 7.83. The molecule has 1 atom stereocenters. The Morgan fingerprint density at radius 1 is 1.19 bits per heavy atom. The van der Waals surface area contributed by atoms with E-state index in [1.807, 2.05) is 18.2 Å². The van der Waals surface area contributed by atoms with Gasteiger partial charge in [-0.15, -0.1) is 0 Å². The average molecular weight is 222 g/mol. The molecule has 0 unspecified atom stereocenters. The first kappa shape index (κ1) is 13.2. The summed E-state index contributed by atoms with van der Waals surface area (Å²) in [6, 6.07) is 10.2.